The molecule has 0 saturated carbocycles. The Morgan fingerprint density at radius 3 is 2.31 bits per heavy atom. The molecule has 1 aromatic carbocycles. The van der Waals surface area contributed by atoms with Gasteiger partial charge in [0.05, 0.1) is 27.4 Å². The van der Waals surface area contributed by atoms with Gasteiger partial charge in [-0.1, -0.05) is 0 Å². The monoisotopic (exact) mass is 406 g/mol. The first kappa shape index (κ1) is 21.5. The van der Waals surface area contributed by atoms with Crippen LogP contribution in [0, 0.1) is 0 Å². The molecule has 0 radical (unpaired) electrons. The smallest absolute Gasteiger partial charge is 0.203 e. The fourth-order valence-electron chi connectivity index (χ4n) is 3.95. The van der Waals surface area contributed by atoms with E-state index in [2.05, 4.69) is 20.1 Å². The molecule has 1 N–H and O–H groups in total. The zero-order chi connectivity index (χ0) is 20.6. The van der Waals surface area contributed by atoms with E-state index in [-0.39, 0.29) is 0 Å². The van der Waals surface area contributed by atoms with E-state index >= 15 is 0 Å². The molecule has 1 atom stereocenters. The van der Waals surface area contributed by atoms with Crippen molar-refractivity contribution in [3.8, 4) is 17.2 Å². The van der Waals surface area contributed by atoms with Crippen LogP contribution in [0.1, 0.15) is 18.4 Å². The second-order valence-corrected chi connectivity index (χ2v) is 7.36. The van der Waals surface area contributed by atoms with Crippen LogP contribution in [0.2, 0.25) is 0 Å². The van der Waals surface area contributed by atoms with E-state index in [1.54, 1.807) is 21.3 Å². The number of hydrogen-bond acceptors (Lipinski definition) is 6. The molecule has 2 saturated heterocycles. The largest absolute Gasteiger partial charge is 0.493 e. The summed E-state index contributed by atoms with van der Waals surface area (Å²) in [7, 11) is 6.77. The minimum absolute atomic E-state index is 0.313. The summed E-state index contributed by atoms with van der Waals surface area (Å²) in [6.45, 7) is 6.37. The van der Waals surface area contributed by atoms with Crippen molar-refractivity contribution in [2.45, 2.75) is 25.5 Å². The first-order valence-corrected chi connectivity index (χ1v) is 10.3. The van der Waals surface area contributed by atoms with Gasteiger partial charge in [-0.2, -0.15) is 0 Å². The third-order valence-electron chi connectivity index (χ3n) is 5.53. The average Bonchev–Trinajstić information content (AvgIpc) is 3.28. The number of hydrogen-bond donors (Lipinski definition) is 1. The van der Waals surface area contributed by atoms with Gasteiger partial charge in [0.15, 0.2) is 17.5 Å². The summed E-state index contributed by atoms with van der Waals surface area (Å²) in [5.41, 5.74) is 1.15. The summed E-state index contributed by atoms with van der Waals surface area (Å²) in [5.74, 6) is 2.98. The van der Waals surface area contributed by atoms with Crippen LogP contribution in [-0.2, 0) is 11.3 Å². The highest BCUT2D eigenvalue weighted by Gasteiger charge is 2.22. The lowest BCUT2D eigenvalue weighted by Crippen LogP contribution is -2.53. The molecule has 162 valence electrons. The minimum Gasteiger partial charge on any atom is -0.493 e. The van der Waals surface area contributed by atoms with Gasteiger partial charge in [0.1, 0.15) is 0 Å². The van der Waals surface area contributed by atoms with Crippen molar-refractivity contribution in [1.82, 2.24) is 15.1 Å². The first-order valence-electron chi connectivity index (χ1n) is 10.3. The molecule has 2 aliphatic rings. The molecule has 0 amide bonds. The van der Waals surface area contributed by atoms with Gasteiger partial charge >= 0.3 is 0 Å². The third-order valence-corrected chi connectivity index (χ3v) is 5.53. The van der Waals surface area contributed by atoms with Crippen molar-refractivity contribution >= 4 is 5.96 Å². The van der Waals surface area contributed by atoms with E-state index < -0.39 is 0 Å². The van der Waals surface area contributed by atoms with Gasteiger partial charge < -0.3 is 29.2 Å². The van der Waals surface area contributed by atoms with Crippen LogP contribution in [0.3, 0.4) is 0 Å². The lowest BCUT2D eigenvalue weighted by molar-refractivity contribution is 0.112. The number of benzene rings is 1. The predicted molar refractivity (Wildman–Crippen MR) is 113 cm³/mol. The summed E-state index contributed by atoms with van der Waals surface area (Å²) in [4.78, 5) is 9.21. The summed E-state index contributed by atoms with van der Waals surface area (Å²) >= 11 is 0. The Balaban J connectivity index is 1.54. The average molecular weight is 407 g/mol. The van der Waals surface area contributed by atoms with E-state index in [1.165, 1.54) is 0 Å². The highest BCUT2D eigenvalue weighted by Crippen LogP contribution is 2.38. The van der Waals surface area contributed by atoms with Crippen molar-refractivity contribution in [3.63, 3.8) is 0 Å². The van der Waals surface area contributed by atoms with Gasteiger partial charge in [0.25, 0.3) is 0 Å². The molecule has 8 heteroatoms. The van der Waals surface area contributed by atoms with E-state index in [4.69, 9.17) is 18.9 Å². The minimum atomic E-state index is 0.313. The van der Waals surface area contributed by atoms with Crippen molar-refractivity contribution in [2.24, 2.45) is 4.99 Å². The number of nitrogens with one attached hydrogen (secondary N) is 1. The lowest BCUT2D eigenvalue weighted by atomic mass is 10.1. The molecule has 2 aliphatic heterocycles. The molecule has 0 spiro atoms. The molecule has 1 aromatic rings. The van der Waals surface area contributed by atoms with Crippen LogP contribution in [0.5, 0.6) is 17.2 Å². The highest BCUT2D eigenvalue weighted by molar-refractivity contribution is 5.80. The Hall–Kier alpha value is -2.19. The molecular weight excluding hydrogens is 372 g/mol. The van der Waals surface area contributed by atoms with Crippen molar-refractivity contribution in [3.05, 3.63) is 17.7 Å². The summed E-state index contributed by atoms with van der Waals surface area (Å²) < 4.78 is 22.1. The zero-order valence-corrected chi connectivity index (χ0v) is 18.1. The lowest BCUT2D eigenvalue weighted by Gasteiger charge is -2.36. The second kappa shape index (κ2) is 10.5. The Labute approximate surface area is 173 Å². The summed E-state index contributed by atoms with van der Waals surface area (Å²) in [6.07, 6.45) is 2.60. The van der Waals surface area contributed by atoms with Gasteiger partial charge in [-0.15, -0.1) is 0 Å². The topological polar surface area (TPSA) is 67.8 Å². The molecule has 29 heavy (non-hydrogen) atoms. The number of piperazine rings is 1. The zero-order valence-electron chi connectivity index (χ0n) is 18.1. The normalized spacial score (nSPS) is 20.6. The van der Waals surface area contributed by atoms with E-state index in [0.717, 1.165) is 70.2 Å². The standard InChI is InChI=1S/C21H34N4O4/c1-22-21(23-14-17-6-5-11-29-17)25-9-7-24(8-10-25)15-16-12-18(26-2)20(28-4)19(13-16)27-3/h12-13,17H,5-11,14-15H2,1-4H3,(H,22,23). The Morgan fingerprint density at radius 2 is 1.79 bits per heavy atom. The van der Waals surface area contributed by atoms with Gasteiger partial charge in [-0.25, -0.2) is 0 Å². The molecule has 3 rings (SSSR count). The van der Waals surface area contributed by atoms with Gasteiger partial charge in [0.2, 0.25) is 5.75 Å². The van der Waals surface area contributed by atoms with Gasteiger partial charge in [0, 0.05) is 52.9 Å². The Kier molecular flexibility index (Phi) is 7.83. The van der Waals surface area contributed by atoms with Gasteiger partial charge in [-0.3, -0.25) is 9.89 Å². The van der Waals surface area contributed by atoms with E-state index in [0.29, 0.717) is 23.4 Å². The maximum atomic E-state index is 5.70. The number of ether oxygens (including phenoxy) is 4. The number of rotatable bonds is 7. The highest BCUT2D eigenvalue weighted by atomic mass is 16.5. The SMILES string of the molecule is CN=C(NCC1CCCO1)N1CCN(Cc2cc(OC)c(OC)c(OC)c2)CC1. The molecule has 8 nitrogen and oxygen atoms in total. The molecule has 0 aromatic heterocycles. The van der Waals surface area contributed by atoms with Crippen LogP contribution in [0.25, 0.3) is 0 Å². The summed E-state index contributed by atoms with van der Waals surface area (Å²) in [6, 6.07) is 4.05. The number of aliphatic imine (C=N–C) groups is 1. The fourth-order valence-corrected chi connectivity index (χ4v) is 3.95. The maximum Gasteiger partial charge on any atom is 0.203 e. The van der Waals surface area contributed by atoms with Crippen molar-refractivity contribution in [2.75, 3.05) is 67.7 Å². The van der Waals surface area contributed by atoms with Crippen LogP contribution in [-0.4, -0.2) is 89.6 Å². The third kappa shape index (κ3) is 5.45. The van der Waals surface area contributed by atoms with Crippen LogP contribution < -0.4 is 19.5 Å². The van der Waals surface area contributed by atoms with E-state index in [1.807, 2.05) is 19.2 Å². The number of methoxy groups -OCH3 is 3. The number of guanidine groups is 1. The Morgan fingerprint density at radius 1 is 1.10 bits per heavy atom. The van der Waals surface area contributed by atoms with Gasteiger partial charge in [-0.05, 0) is 30.5 Å². The molecule has 2 heterocycles. The summed E-state index contributed by atoms with van der Waals surface area (Å²) in [5, 5.41) is 3.47. The maximum absolute atomic E-state index is 5.70. The van der Waals surface area contributed by atoms with Crippen LogP contribution in [0.15, 0.2) is 17.1 Å². The van der Waals surface area contributed by atoms with Crippen LogP contribution in [0.4, 0.5) is 0 Å². The van der Waals surface area contributed by atoms with Crippen molar-refractivity contribution < 1.29 is 18.9 Å². The second-order valence-electron chi connectivity index (χ2n) is 7.36. The quantitative estimate of drug-likeness (QED) is 0.545. The predicted octanol–water partition coefficient (Wildman–Crippen LogP) is 1.58. The van der Waals surface area contributed by atoms with Crippen LogP contribution >= 0.6 is 0 Å². The Bertz CT molecular complexity index is 658. The molecule has 0 bridgehead atoms. The molecule has 0 aliphatic carbocycles. The fraction of sp³-hybridized carbons (Fsp3) is 0.667. The molecular formula is C21H34N4O4. The first-order chi connectivity index (χ1) is 14.2. The molecule has 1 unspecified atom stereocenters. The molecule has 2 fully saturated rings. The van der Waals surface area contributed by atoms with Crippen molar-refractivity contribution in [1.29, 1.82) is 0 Å². The van der Waals surface area contributed by atoms with E-state index in [9.17, 15) is 0 Å². The number of nitrogens with zero attached hydrogens (tertiary/aromatic N) is 3.